The molecule has 0 saturated heterocycles. The topological polar surface area (TPSA) is 56.7 Å². The van der Waals surface area contributed by atoms with Crippen molar-refractivity contribution in [2.24, 2.45) is 18.7 Å². The molecule has 0 bridgehead atoms. The molecular weight excluding hydrogens is 454 g/mol. The second kappa shape index (κ2) is 8.95. The maximum atomic E-state index is 14.0. The summed E-state index contributed by atoms with van der Waals surface area (Å²) in [7, 11) is 2.04. The van der Waals surface area contributed by atoms with E-state index in [4.69, 9.17) is 10.7 Å². The van der Waals surface area contributed by atoms with Gasteiger partial charge in [-0.1, -0.05) is 12.1 Å². The minimum absolute atomic E-state index is 0.110. The van der Waals surface area contributed by atoms with Gasteiger partial charge < -0.3 is 10.3 Å². The zero-order valence-corrected chi connectivity index (χ0v) is 20.0. The highest BCUT2D eigenvalue weighted by atomic mass is 19.1. The fourth-order valence-electron chi connectivity index (χ4n) is 5.07. The number of halogens is 2. The van der Waals surface area contributed by atoms with Crippen LogP contribution in [0.3, 0.4) is 0 Å². The first-order chi connectivity index (χ1) is 17.5. The van der Waals surface area contributed by atoms with E-state index in [-0.39, 0.29) is 17.7 Å². The van der Waals surface area contributed by atoms with Crippen molar-refractivity contribution in [1.82, 2.24) is 14.5 Å². The zero-order chi connectivity index (χ0) is 24.8. The number of nitrogens with two attached hydrogens (primary N) is 1. The van der Waals surface area contributed by atoms with Crippen molar-refractivity contribution < 1.29 is 8.78 Å². The van der Waals surface area contributed by atoms with Gasteiger partial charge >= 0.3 is 0 Å². The third-order valence-electron chi connectivity index (χ3n) is 7.16. The Morgan fingerprint density at radius 2 is 1.44 bits per heavy atom. The van der Waals surface area contributed by atoms with Gasteiger partial charge in [0.1, 0.15) is 11.6 Å². The lowest BCUT2D eigenvalue weighted by atomic mass is 9.90. The molecule has 6 rings (SSSR count). The summed E-state index contributed by atoms with van der Waals surface area (Å²) in [5, 5.41) is 0. The van der Waals surface area contributed by atoms with E-state index in [9.17, 15) is 8.78 Å². The number of aryl methyl sites for hydroxylation is 1. The second-order valence-electron chi connectivity index (χ2n) is 9.59. The van der Waals surface area contributed by atoms with Crippen LogP contribution < -0.4 is 5.73 Å². The number of fused-ring (bicyclic) bond motifs is 1. The van der Waals surface area contributed by atoms with Crippen LogP contribution in [-0.4, -0.2) is 20.6 Å². The quantitative estimate of drug-likeness (QED) is 0.301. The van der Waals surface area contributed by atoms with Gasteiger partial charge in [-0.2, -0.15) is 0 Å². The van der Waals surface area contributed by atoms with E-state index in [0.717, 1.165) is 56.7 Å². The molecule has 1 aliphatic carbocycles. The highest BCUT2D eigenvalue weighted by Crippen LogP contribution is 2.44. The fraction of sp³-hybridized carbons (Fsp3) is 0.200. The Morgan fingerprint density at radius 3 is 2.06 bits per heavy atom. The molecule has 1 atom stereocenters. The Kier molecular flexibility index (Phi) is 5.61. The number of pyridine rings is 2. The predicted octanol–water partition coefficient (Wildman–Crippen LogP) is 6.53. The molecule has 3 heterocycles. The van der Waals surface area contributed by atoms with Crippen LogP contribution >= 0.6 is 0 Å². The summed E-state index contributed by atoms with van der Waals surface area (Å²) < 4.78 is 30.0. The smallest absolute Gasteiger partial charge is 0.123 e. The average Bonchev–Trinajstić information content (AvgIpc) is 3.70. The van der Waals surface area contributed by atoms with Gasteiger partial charge in [0.25, 0.3) is 0 Å². The molecule has 36 heavy (non-hydrogen) atoms. The van der Waals surface area contributed by atoms with Crippen LogP contribution in [0, 0.1) is 17.6 Å². The van der Waals surface area contributed by atoms with Gasteiger partial charge in [0.05, 0.1) is 16.7 Å². The first-order valence-corrected chi connectivity index (χ1v) is 12.2. The molecule has 0 amide bonds. The molecule has 180 valence electrons. The molecule has 1 fully saturated rings. The maximum Gasteiger partial charge on any atom is 0.123 e. The number of hydrogen-bond donors (Lipinski definition) is 1. The Hall–Kier alpha value is -3.90. The molecule has 5 aromatic rings. The van der Waals surface area contributed by atoms with E-state index in [0.29, 0.717) is 5.92 Å². The molecule has 1 saturated carbocycles. The van der Waals surface area contributed by atoms with Crippen LogP contribution in [0.4, 0.5) is 8.78 Å². The van der Waals surface area contributed by atoms with Gasteiger partial charge in [-0.15, -0.1) is 0 Å². The normalized spacial score (nSPS) is 14.3. The van der Waals surface area contributed by atoms with Crippen molar-refractivity contribution in [1.29, 1.82) is 0 Å². The molecule has 0 spiro atoms. The summed E-state index contributed by atoms with van der Waals surface area (Å²) in [6, 6.07) is 19.0. The van der Waals surface area contributed by atoms with Crippen molar-refractivity contribution in [2.45, 2.75) is 25.3 Å². The third-order valence-corrected chi connectivity index (χ3v) is 7.16. The first kappa shape index (κ1) is 22.6. The van der Waals surface area contributed by atoms with E-state index in [1.54, 1.807) is 36.7 Å². The van der Waals surface area contributed by atoms with Crippen molar-refractivity contribution >= 4 is 11.0 Å². The summed E-state index contributed by atoms with van der Waals surface area (Å²) >= 11 is 0. The SMILES string of the molecule is Cn1c(CC(N)C2CC2)cc2nc(-c3ccc(F)cc3)c(-c3ccncc3)c(-c3ccc(F)cc3)c21. The molecule has 2 aromatic carbocycles. The molecule has 6 heteroatoms. The second-order valence-corrected chi connectivity index (χ2v) is 9.59. The van der Waals surface area contributed by atoms with Crippen molar-refractivity contribution in [2.75, 3.05) is 0 Å². The Labute approximate surface area is 208 Å². The molecule has 0 radical (unpaired) electrons. The summed E-state index contributed by atoms with van der Waals surface area (Å²) in [4.78, 5) is 9.33. The lowest BCUT2D eigenvalue weighted by Gasteiger charge is -2.18. The van der Waals surface area contributed by atoms with Crippen molar-refractivity contribution in [3.8, 4) is 33.5 Å². The van der Waals surface area contributed by atoms with Gasteiger partial charge in [0, 0.05) is 54.3 Å². The molecule has 1 aliphatic rings. The van der Waals surface area contributed by atoms with Gasteiger partial charge in [0.2, 0.25) is 0 Å². The molecule has 1 unspecified atom stereocenters. The Bertz CT molecular complexity index is 1540. The van der Waals surface area contributed by atoms with Crippen LogP contribution in [-0.2, 0) is 13.5 Å². The average molecular weight is 481 g/mol. The minimum atomic E-state index is -0.305. The highest BCUT2D eigenvalue weighted by Gasteiger charge is 2.30. The summed E-state index contributed by atoms with van der Waals surface area (Å²) in [6.07, 6.45) is 6.62. The summed E-state index contributed by atoms with van der Waals surface area (Å²) in [5.41, 5.74) is 14.6. The molecule has 2 N–H and O–H groups in total. The predicted molar refractivity (Wildman–Crippen MR) is 139 cm³/mol. The van der Waals surface area contributed by atoms with E-state index >= 15 is 0 Å². The van der Waals surface area contributed by atoms with Gasteiger partial charge in [-0.05, 0) is 84.5 Å². The molecule has 3 aromatic heterocycles. The Balaban J connectivity index is 1.69. The lowest BCUT2D eigenvalue weighted by Crippen LogP contribution is -2.26. The number of aromatic nitrogens is 3. The Morgan fingerprint density at radius 1 is 0.861 bits per heavy atom. The maximum absolute atomic E-state index is 14.0. The third kappa shape index (κ3) is 4.07. The zero-order valence-electron chi connectivity index (χ0n) is 20.0. The van der Waals surface area contributed by atoms with Crippen LogP contribution in [0.15, 0.2) is 79.1 Å². The van der Waals surface area contributed by atoms with Crippen LogP contribution in [0.25, 0.3) is 44.5 Å². The largest absolute Gasteiger partial charge is 0.346 e. The van der Waals surface area contributed by atoms with E-state index < -0.39 is 0 Å². The molecule has 0 aliphatic heterocycles. The van der Waals surface area contributed by atoms with Gasteiger partial charge in [0.15, 0.2) is 0 Å². The molecular formula is C30H26F2N4. The van der Waals surface area contributed by atoms with E-state index in [1.807, 2.05) is 19.2 Å². The van der Waals surface area contributed by atoms with E-state index in [1.165, 1.54) is 37.1 Å². The number of nitrogens with zero attached hydrogens (tertiary/aromatic N) is 3. The number of rotatable bonds is 6. The monoisotopic (exact) mass is 480 g/mol. The summed E-state index contributed by atoms with van der Waals surface area (Å²) in [5.74, 6) is -0.0222. The summed E-state index contributed by atoms with van der Waals surface area (Å²) in [6.45, 7) is 0. The van der Waals surface area contributed by atoms with Crippen LogP contribution in [0.2, 0.25) is 0 Å². The van der Waals surface area contributed by atoms with Crippen molar-refractivity contribution in [3.05, 3.63) is 96.5 Å². The minimum Gasteiger partial charge on any atom is -0.346 e. The highest BCUT2D eigenvalue weighted by molar-refractivity contribution is 6.06. The lowest BCUT2D eigenvalue weighted by molar-refractivity contribution is 0.575. The van der Waals surface area contributed by atoms with Crippen LogP contribution in [0.5, 0.6) is 0 Å². The van der Waals surface area contributed by atoms with E-state index in [2.05, 4.69) is 15.6 Å². The number of hydrogen-bond acceptors (Lipinski definition) is 3. The van der Waals surface area contributed by atoms with Gasteiger partial charge in [-0.3, -0.25) is 4.98 Å². The standard InChI is InChI=1S/C30H26F2N4/c1-36-24(16-25(33)18-2-3-18)17-26-30(36)28(19-4-8-22(31)9-5-19)27(20-12-14-34-15-13-20)29(35-26)21-6-10-23(32)11-7-21/h4-15,17-18,25H,2-3,16,33H2,1H3. The number of benzene rings is 2. The van der Waals surface area contributed by atoms with Gasteiger partial charge in [-0.25, -0.2) is 13.8 Å². The van der Waals surface area contributed by atoms with Crippen LogP contribution in [0.1, 0.15) is 18.5 Å². The first-order valence-electron chi connectivity index (χ1n) is 12.2. The van der Waals surface area contributed by atoms with Crippen molar-refractivity contribution in [3.63, 3.8) is 0 Å². The molecule has 4 nitrogen and oxygen atoms in total. The fourth-order valence-corrected chi connectivity index (χ4v) is 5.07.